The first-order chi connectivity index (χ1) is 6.24. The molecule has 1 amide bonds. The van der Waals surface area contributed by atoms with Gasteiger partial charge in [0.15, 0.2) is 0 Å². The number of nitrogens with one attached hydrogen (secondary N) is 1. The van der Waals surface area contributed by atoms with Crippen LogP contribution in [0, 0.1) is 5.92 Å². The maximum absolute atomic E-state index is 10.9. The molecule has 0 aromatic carbocycles. The number of rotatable bonds is 3. The summed E-state index contributed by atoms with van der Waals surface area (Å²) in [4.78, 5) is 10.9. The van der Waals surface area contributed by atoms with E-state index in [2.05, 4.69) is 5.32 Å². The van der Waals surface area contributed by atoms with Crippen LogP contribution >= 0.6 is 0 Å². The van der Waals surface area contributed by atoms with Gasteiger partial charge in [0.1, 0.15) is 0 Å². The minimum atomic E-state index is -0.387. The first-order valence-corrected chi connectivity index (χ1v) is 4.82. The van der Waals surface area contributed by atoms with E-state index in [9.17, 15) is 9.90 Å². The van der Waals surface area contributed by atoms with Gasteiger partial charge in [-0.05, 0) is 19.8 Å². The van der Waals surface area contributed by atoms with Gasteiger partial charge in [0, 0.05) is 12.5 Å². The monoisotopic (exact) mass is 187 g/mol. The fourth-order valence-electron chi connectivity index (χ4n) is 1.65. The molecule has 2 N–H and O–H groups in total. The molecule has 2 unspecified atom stereocenters. The second-order valence-corrected chi connectivity index (χ2v) is 3.36. The van der Waals surface area contributed by atoms with E-state index in [4.69, 9.17) is 4.74 Å². The van der Waals surface area contributed by atoms with Gasteiger partial charge in [0.2, 0.25) is 0 Å². The van der Waals surface area contributed by atoms with E-state index in [0.717, 1.165) is 19.3 Å². The van der Waals surface area contributed by atoms with Crippen molar-refractivity contribution in [3.8, 4) is 0 Å². The standard InChI is InChI=1S/C9H17NO3/c1-2-13-9(12)10-6-7-4-3-5-8(7)11/h7-8,11H,2-6H2,1H3,(H,10,12). The fraction of sp³-hybridized carbons (Fsp3) is 0.889. The summed E-state index contributed by atoms with van der Waals surface area (Å²) in [6.45, 7) is 2.68. The number of carbonyl (C=O) groups excluding carboxylic acids is 1. The molecule has 1 aliphatic rings. The molecule has 4 nitrogen and oxygen atoms in total. The van der Waals surface area contributed by atoms with Crippen molar-refractivity contribution >= 4 is 6.09 Å². The van der Waals surface area contributed by atoms with Crippen molar-refractivity contribution in [2.45, 2.75) is 32.3 Å². The lowest BCUT2D eigenvalue weighted by molar-refractivity contribution is 0.122. The topological polar surface area (TPSA) is 58.6 Å². The van der Waals surface area contributed by atoms with Crippen LogP contribution in [-0.4, -0.2) is 30.5 Å². The zero-order chi connectivity index (χ0) is 9.68. The third-order valence-corrected chi connectivity index (χ3v) is 2.40. The van der Waals surface area contributed by atoms with Crippen molar-refractivity contribution in [2.24, 2.45) is 5.92 Å². The number of alkyl carbamates (subject to hydrolysis) is 1. The summed E-state index contributed by atoms with van der Waals surface area (Å²) in [5, 5.41) is 12.1. The molecule has 1 aliphatic carbocycles. The Morgan fingerprint density at radius 3 is 2.92 bits per heavy atom. The summed E-state index contributed by atoms with van der Waals surface area (Å²) in [5.41, 5.74) is 0. The maximum Gasteiger partial charge on any atom is 0.407 e. The van der Waals surface area contributed by atoms with Gasteiger partial charge in [0.05, 0.1) is 12.7 Å². The number of amides is 1. The van der Waals surface area contributed by atoms with Crippen molar-refractivity contribution in [3.63, 3.8) is 0 Å². The normalized spacial score (nSPS) is 27.2. The maximum atomic E-state index is 10.9. The van der Waals surface area contributed by atoms with Crippen molar-refractivity contribution in [1.82, 2.24) is 5.32 Å². The minimum absolute atomic E-state index is 0.212. The molecule has 0 aromatic rings. The van der Waals surface area contributed by atoms with Crippen LogP contribution in [0.15, 0.2) is 0 Å². The molecular weight excluding hydrogens is 170 g/mol. The Labute approximate surface area is 78.3 Å². The minimum Gasteiger partial charge on any atom is -0.450 e. The zero-order valence-electron chi connectivity index (χ0n) is 7.95. The van der Waals surface area contributed by atoms with E-state index < -0.39 is 0 Å². The molecule has 76 valence electrons. The molecule has 0 spiro atoms. The van der Waals surface area contributed by atoms with Gasteiger partial charge in [-0.25, -0.2) is 4.79 Å². The smallest absolute Gasteiger partial charge is 0.407 e. The zero-order valence-corrected chi connectivity index (χ0v) is 7.95. The molecule has 1 saturated carbocycles. The summed E-state index contributed by atoms with van der Waals surface area (Å²) < 4.78 is 4.71. The lowest BCUT2D eigenvalue weighted by Gasteiger charge is -2.14. The predicted molar refractivity (Wildman–Crippen MR) is 48.4 cm³/mol. The lowest BCUT2D eigenvalue weighted by atomic mass is 10.1. The molecule has 13 heavy (non-hydrogen) atoms. The van der Waals surface area contributed by atoms with Crippen LogP contribution in [0.25, 0.3) is 0 Å². The fourth-order valence-corrected chi connectivity index (χ4v) is 1.65. The van der Waals surface area contributed by atoms with Crippen LogP contribution in [0.2, 0.25) is 0 Å². The number of carbonyl (C=O) groups is 1. The van der Waals surface area contributed by atoms with Gasteiger partial charge in [-0.3, -0.25) is 0 Å². The molecular formula is C9H17NO3. The molecule has 0 aromatic heterocycles. The third kappa shape index (κ3) is 3.22. The van der Waals surface area contributed by atoms with Crippen molar-refractivity contribution in [2.75, 3.05) is 13.2 Å². The Hall–Kier alpha value is -0.770. The molecule has 1 fully saturated rings. The molecule has 0 heterocycles. The van der Waals surface area contributed by atoms with E-state index in [1.807, 2.05) is 0 Å². The number of hydrogen-bond donors (Lipinski definition) is 2. The van der Waals surface area contributed by atoms with E-state index in [1.54, 1.807) is 6.92 Å². The Balaban J connectivity index is 2.14. The van der Waals surface area contributed by atoms with Crippen LogP contribution in [-0.2, 0) is 4.74 Å². The Kier molecular flexibility index (Phi) is 4.02. The summed E-state index contributed by atoms with van der Waals surface area (Å²) in [7, 11) is 0. The highest BCUT2D eigenvalue weighted by Crippen LogP contribution is 2.24. The van der Waals surface area contributed by atoms with E-state index in [0.29, 0.717) is 13.2 Å². The number of hydrogen-bond acceptors (Lipinski definition) is 3. The number of aliphatic hydroxyl groups excluding tert-OH is 1. The van der Waals surface area contributed by atoms with E-state index >= 15 is 0 Å². The van der Waals surface area contributed by atoms with Crippen molar-refractivity contribution < 1.29 is 14.6 Å². The highest BCUT2D eigenvalue weighted by Gasteiger charge is 2.25. The SMILES string of the molecule is CCOC(=O)NCC1CCCC1O. The first kappa shape index (κ1) is 10.3. The first-order valence-electron chi connectivity index (χ1n) is 4.82. The van der Waals surface area contributed by atoms with Crippen LogP contribution in [0.1, 0.15) is 26.2 Å². The highest BCUT2D eigenvalue weighted by atomic mass is 16.5. The molecule has 1 rings (SSSR count). The average Bonchev–Trinajstić information content (AvgIpc) is 2.48. The average molecular weight is 187 g/mol. The molecule has 0 aliphatic heterocycles. The Bertz CT molecular complexity index is 172. The van der Waals surface area contributed by atoms with Crippen LogP contribution in [0.3, 0.4) is 0 Å². The molecule has 0 bridgehead atoms. The Morgan fingerprint density at radius 2 is 2.38 bits per heavy atom. The summed E-state index contributed by atoms with van der Waals surface area (Å²) in [6, 6.07) is 0. The van der Waals surface area contributed by atoms with Crippen molar-refractivity contribution in [1.29, 1.82) is 0 Å². The van der Waals surface area contributed by atoms with Crippen LogP contribution in [0.4, 0.5) is 4.79 Å². The molecule has 4 heteroatoms. The third-order valence-electron chi connectivity index (χ3n) is 2.40. The largest absolute Gasteiger partial charge is 0.450 e. The number of ether oxygens (including phenoxy) is 1. The quantitative estimate of drug-likeness (QED) is 0.690. The van der Waals surface area contributed by atoms with Gasteiger partial charge < -0.3 is 15.2 Å². The second-order valence-electron chi connectivity index (χ2n) is 3.36. The lowest BCUT2D eigenvalue weighted by Crippen LogP contribution is -2.32. The van der Waals surface area contributed by atoms with Crippen LogP contribution in [0.5, 0.6) is 0 Å². The van der Waals surface area contributed by atoms with Crippen LogP contribution < -0.4 is 5.32 Å². The van der Waals surface area contributed by atoms with E-state index in [-0.39, 0.29) is 18.1 Å². The molecule has 0 radical (unpaired) electrons. The van der Waals surface area contributed by atoms with E-state index in [1.165, 1.54) is 0 Å². The molecule has 0 saturated heterocycles. The van der Waals surface area contributed by atoms with Gasteiger partial charge in [0.25, 0.3) is 0 Å². The number of aliphatic hydroxyl groups is 1. The molecule has 2 atom stereocenters. The van der Waals surface area contributed by atoms with Gasteiger partial charge >= 0.3 is 6.09 Å². The summed E-state index contributed by atoms with van der Waals surface area (Å²) in [5.74, 6) is 0.212. The second kappa shape index (κ2) is 5.07. The van der Waals surface area contributed by atoms with Gasteiger partial charge in [-0.15, -0.1) is 0 Å². The van der Waals surface area contributed by atoms with Crippen molar-refractivity contribution in [3.05, 3.63) is 0 Å². The van der Waals surface area contributed by atoms with Gasteiger partial charge in [-0.2, -0.15) is 0 Å². The predicted octanol–water partition coefficient (Wildman–Crippen LogP) is 0.893. The summed E-state index contributed by atoms with van der Waals surface area (Å²) in [6.07, 6.45) is 2.27. The highest BCUT2D eigenvalue weighted by molar-refractivity contribution is 5.67. The van der Waals surface area contributed by atoms with Gasteiger partial charge in [-0.1, -0.05) is 6.42 Å². The Morgan fingerprint density at radius 1 is 1.62 bits per heavy atom. The summed E-state index contributed by atoms with van der Waals surface area (Å²) >= 11 is 0.